The molecule has 1 aliphatic rings. The zero-order valence-electron chi connectivity index (χ0n) is 9.65. The lowest BCUT2D eigenvalue weighted by Gasteiger charge is -2.38. The minimum Gasteiger partial charge on any atom is -0.434 e. The molecular weight excluding hydrogens is 264 g/mol. The largest absolute Gasteiger partial charge is 0.434 e. The Hall–Kier alpha value is -0.910. The molecule has 2 rings (SSSR count). The zero-order valence-corrected chi connectivity index (χ0v) is 10.4. The normalized spacial score (nSPS) is 16.9. The minimum atomic E-state index is -2.84. The highest BCUT2D eigenvalue weighted by Gasteiger charge is 2.26. The highest BCUT2D eigenvalue weighted by molar-refractivity contribution is 6.30. The second-order valence-corrected chi connectivity index (χ2v) is 4.81. The maximum Gasteiger partial charge on any atom is 0.387 e. The Kier molecular flexibility index (Phi) is 4.37. The number of hydrogen-bond donors (Lipinski definition) is 1. The maximum absolute atomic E-state index is 12.2. The van der Waals surface area contributed by atoms with Gasteiger partial charge in [0.05, 0.1) is 0 Å². The highest BCUT2D eigenvalue weighted by Crippen LogP contribution is 2.28. The Morgan fingerprint density at radius 3 is 2.78 bits per heavy atom. The molecule has 0 bridgehead atoms. The molecule has 3 nitrogen and oxygen atoms in total. The molecule has 1 aromatic rings. The average Bonchev–Trinajstić information content (AvgIpc) is 2.25. The van der Waals surface area contributed by atoms with Crippen LogP contribution in [-0.4, -0.2) is 36.3 Å². The molecule has 0 unspecified atom stereocenters. The number of aliphatic hydroxyl groups excluding tert-OH is 1. The Bertz CT molecular complexity index is 411. The molecular formula is C12H14ClF2NO2. The van der Waals surface area contributed by atoms with Crippen LogP contribution in [0.25, 0.3) is 0 Å². The van der Waals surface area contributed by atoms with E-state index >= 15 is 0 Å². The summed E-state index contributed by atoms with van der Waals surface area (Å²) < 4.78 is 29.0. The predicted molar refractivity (Wildman–Crippen MR) is 63.9 cm³/mol. The fraction of sp³-hybridized carbons (Fsp3) is 0.500. The number of nitrogens with zero attached hydrogens (tertiary/aromatic N) is 1. The lowest BCUT2D eigenvalue weighted by molar-refractivity contribution is -0.0512. The fourth-order valence-corrected chi connectivity index (χ4v) is 2.24. The number of ether oxygens (including phenoxy) is 1. The molecule has 0 aromatic heterocycles. The van der Waals surface area contributed by atoms with Crippen LogP contribution in [0, 0.1) is 5.92 Å². The molecule has 18 heavy (non-hydrogen) atoms. The molecule has 0 atom stereocenters. The summed E-state index contributed by atoms with van der Waals surface area (Å²) in [5.41, 5.74) is 0.638. The fourth-order valence-electron chi connectivity index (χ4n) is 2.04. The number of benzene rings is 1. The van der Waals surface area contributed by atoms with Gasteiger partial charge in [-0.05, 0) is 18.2 Å². The summed E-state index contributed by atoms with van der Waals surface area (Å²) in [5.74, 6) is 0.436. The minimum absolute atomic E-state index is 0.154. The molecule has 1 N–H and O–H groups in total. The van der Waals surface area contributed by atoms with E-state index in [1.54, 1.807) is 6.07 Å². The molecule has 0 amide bonds. The summed E-state index contributed by atoms with van der Waals surface area (Å²) in [4.78, 5) is 2.05. The molecule has 100 valence electrons. The van der Waals surface area contributed by atoms with E-state index in [9.17, 15) is 8.78 Å². The summed E-state index contributed by atoms with van der Waals surface area (Å²) in [6.07, 6.45) is 0. The van der Waals surface area contributed by atoms with Gasteiger partial charge in [-0.2, -0.15) is 8.78 Å². The number of aliphatic hydroxyl groups is 1. The van der Waals surface area contributed by atoms with Crippen molar-refractivity contribution in [3.05, 3.63) is 28.8 Å². The van der Waals surface area contributed by atoms with Gasteiger partial charge in [-0.3, -0.25) is 4.90 Å². The first kappa shape index (κ1) is 13.5. The van der Waals surface area contributed by atoms with E-state index in [1.165, 1.54) is 12.1 Å². The van der Waals surface area contributed by atoms with Crippen molar-refractivity contribution in [1.29, 1.82) is 0 Å². The van der Waals surface area contributed by atoms with Crippen LogP contribution in [0.15, 0.2) is 18.2 Å². The van der Waals surface area contributed by atoms with Crippen molar-refractivity contribution >= 4 is 11.6 Å². The van der Waals surface area contributed by atoms with Crippen LogP contribution in [0.1, 0.15) is 5.56 Å². The number of rotatable bonds is 5. The van der Waals surface area contributed by atoms with Gasteiger partial charge in [-0.25, -0.2) is 0 Å². The van der Waals surface area contributed by atoms with Gasteiger partial charge in [0.1, 0.15) is 5.75 Å². The van der Waals surface area contributed by atoms with E-state index in [4.69, 9.17) is 16.7 Å². The predicted octanol–water partition coefficient (Wildman–Crippen LogP) is 2.37. The van der Waals surface area contributed by atoms with E-state index in [1.807, 2.05) is 4.90 Å². The summed E-state index contributed by atoms with van der Waals surface area (Å²) in [6, 6.07) is 4.61. The molecule has 1 heterocycles. The van der Waals surface area contributed by atoms with Crippen LogP contribution in [0.3, 0.4) is 0 Å². The third kappa shape index (κ3) is 3.31. The van der Waals surface area contributed by atoms with Gasteiger partial charge in [-0.1, -0.05) is 11.6 Å². The maximum atomic E-state index is 12.2. The lowest BCUT2D eigenvalue weighted by atomic mass is 10.0. The van der Waals surface area contributed by atoms with E-state index < -0.39 is 6.61 Å². The molecule has 0 saturated carbocycles. The molecule has 0 spiro atoms. The Labute approximate surface area is 109 Å². The topological polar surface area (TPSA) is 32.7 Å². The van der Waals surface area contributed by atoms with E-state index in [2.05, 4.69) is 4.74 Å². The van der Waals surface area contributed by atoms with Gasteiger partial charge in [-0.15, -0.1) is 0 Å². The molecule has 6 heteroatoms. The first-order valence-electron chi connectivity index (χ1n) is 5.65. The van der Waals surface area contributed by atoms with Gasteiger partial charge < -0.3 is 9.84 Å². The van der Waals surface area contributed by atoms with Gasteiger partial charge in [0.25, 0.3) is 0 Å². The Balaban J connectivity index is 2.03. The van der Waals surface area contributed by atoms with E-state index in [0.29, 0.717) is 17.1 Å². The van der Waals surface area contributed by atoms with Crippen LogP contribution < -0.4 is 4.74 Å². The summed E-state index contributed by atoms with van der Waals surface area (Å²) >= 11 is 5.85. The van der Waals surface area contributed by atoms with Crippen LogP contribution in [0.2, 0.25) is 5.02 Å². The second-order valence-electron chi connectivity index (χ2n) is 4.37. The Morgan fingerprint density at radius 2 is 2.17 bits per heavy atom. The van der Waals surface area contributed by atoms with Crippen molar-refractivity contribution in [2.75, 3.05) is 19.7 Å². The molecule has 0 radical (unpaired) electrons. The van der Waals surface area contributed by atoms with Crippen LogP contribution >= 0.6 is 11.6 Å². The van der Waals surface area contributed by atoms with Gasteiger partial charge in [0.15, 0.2) is 0 Å². The number of hydrogen-bond acceptors (Lipinski definition) is 3. The second kappa shape index (κ2) is 5.82. The third-order valence-electron chi connectivity index (χ3n) is 2.92. The molecule has 1 fully saturated rings. The monoisotopic (exact) mass is 277 g/mol. The Morgan fingerprint density at radius 1 is 1.44 bits per heavy atom. The molecule has 1 saturated heterocycles. The van der Waals surface area contributed by atoms with Crippen molar-refractivity contribution in [3.63, 3.8) is 0 Å². The standard InChI is InChI=1S/C12H14ClF2NO2/c13-10-1-2-11(18-12(14)15)9(3-10)6-16-4-8(5-16)7-17/h1-3,8,12,17H,4-7H2. The molecule has 1 aromatic carbocycles. The van der Waals surface area contributed by atoms with Crippen molar-refractivity contribution in [2.24, 2.45) is 5.92 Å². The lowest BCUT2D eigenvalue weighted by Crippen LogP contribution is -2.47. The summed E-state index contributed by atoms with van der Waals surface area (Å²) in [6.45, 7) is -0.661. The SMILES string of the molecule is OCC1CN(Cc2cc(Cl)ccc2OC(F)F)C1. The zero-order chi connectivity index (χ0) is 13.1. The van der Waals surface area contributed by atoms with Crippen molar-refractivity contribution in [1.82, 2.24) is 4.90 Å². The number of likely N-dealkylation sites (tertiary alicyclic amines) is 1. The quantitative estimate of drug-likeness (QED) is 0.897. The van der Waals surface area contributed by atoms with Crippen molar-refractivity contribution in [3.8, 4) is 5.75 Å². The van der Waals surface area contributed by atoms with Crippen LogP contribution in [0.5, 0.6) is 5.75 Å². The molecule has 0 aliphatic carbocycles. The van der Waals surface area contributed by atoms with Crippen molar-refractivity contribution < 1.29 is 18.6 Å². The van der Waals surface area contributed by atoms with E-state index in [0.717, 1.165) is 13.1 Å². The summed E-state index contributed by atoms with van der Waals surface area (Å²) in [5, 5.41) is 9.41. The third-order valence-corrected chi connectivity index (χ3v) is 3.16. The summed E-state index contributed by atoms with van der Waals surface area (Å²) in [7, 11) is 0. The number of halogens is 3. The first-order chi connectivity index (χ1) is 8.58. The van der Waals surface area contributed by atoms with Crippen molar-refractivity contribution in [2.45, 2.75) is 13.2 Å². The smallest absolute Gasteiger partial charge is 0.387 e. The first-order valence-corrected chi connectivity index (χ1v) is 6.02. The highest BCUT2D eigenvalue weighted by atomic mass is 35.5. The number of alkyl halides is 2. The van der Waals surface area contributed by atoms with E-state index in [-0.39, 0.29) is 18.3 Å². The average molecular weight is 278 g/mol. The van der Waals surface area contributed by atoms with Gasteiger partial charge in [0, 0.05) is 42.7 Å². The van der Waals surface area contributed by atoms with Gasteiger partial charge in [0.2, 0.25) is 0 Å². The van der Waals surface area contributed by atoms with Crippen LogP contribution in [-0.2, 0) is 6.54 Å². The molecule has 1 aliphatic heterocycles. The van der Waals surface area contributed by atoms with Gasteiger partial charge >= 0.3 is 6.61 Å². The van der Waals surface area contributed by atoms with Crippen LogP contribution in [0.4, 0.5) is 8.78 Å².